The number of amides is 2. The van der Waals surface area contributed by atoms with Gasteiger partial charge >= 0.3 is 0 Å². The van der Waals surface area contributed by atoms with Gasteiger partial charge in [0.05, 0.1) is 16.5 Å². The molecule has 0 aliphatic rings. The van der Waals surface area contributed by atoms with E-state index >= 15 is 0 Å². The van der Waals surface area contributed by atoms with E-state index in [1.165, 1.54) is 11.3 Å². The van der Waals surface area contributed by atoms with Gasteiger partial charge < -0.3 is 5.32 Å². The molecule has 1 aromatic carbocycles. The minimum absolute atomic E-state index is 0.0870. The van der Waals surface area contributed by atoms with E-state index < -0.39 is 5.41 Å². The first kappa shape index (κ1) is 18.2. The summed E-state index contributed by atoms with van der Waals surface area (Å²) in [7, 11) is 0. The van der Waals surface area contributed by atoms with Crippen LogP contribution in [0.4, 0.5) is 5.00 Å². The zero-order valence-electron chi connectivity index (χ0n) is 14.3. The minimum atomic E-state index is -0.487. The van der Waals surface area contributed by atoms with Crippen molar-refractivity contribution in [1.29, 1.82) is 0 Å². The van der Waals surface area contributed by atoms with Crippen LogP contribution in [0.15, 0.2) is 36.4 Å². The fourth-order valence-corrected chi connectivity index (χ4v) is 2.83. The SMILES string of the molecule is Cc1cc(NC(=O)C(C)(C)C)sc1C(=O)NOCc1ccccc1. The van der Waals surface area contributed by atoms with E-state index in [2.05, 4.69) is 10.8 Å². The van der Waals surface area contributed by atoms with Gasteiger partial charge in [0.25, 0.3) is 5.91 Å². The number of carbonyl (C=O) groups is 2. The van der Waals surface area contributed by atoms with Crippen LogP contribution < -0.4 is 10.8 Å². The Morgan fingerprint density at radius 3 is 2.46 bits per heavy atom. The van der Waals surface area contributed by atoms with Gasteiger partial charge in [0.2, 0.25) is 5.91 Å². The average Bonchev–Trinajstić information content (AvgIpc) is 2.88. The number of hydroxylamine groups is 1. The Balaban J connectivity index is 1.94. The molecule has 2 N–H and O–H groups in total. The van der Waals surface area contributed by atoms with Crippen molar-refractivity contribution < 1.29 is 14.4 Å². The highest BCUT2D eigenvalue weighted by molar-refractivity contribution is 7.18. The van der Waals surface area contributed by atoms with E-state index in [0.717, 1.165) is 11.1 Å². The molecule has 24 heavy (non-hydrogen) atoms. The quantitative estimate of drug-likeness (QED) is 0.807. The molecule has 1 aromatic heterocycles. The summed E-state index contributed by atoms with van der Waals surface area (Å²) >= 11 is 1.23. The molecule has 5 nitrogen and oxygen atoms in total. The molecule has 128 valence electrons. The number of nitrogens with one attached hydrogen (secondary N) is 2. The lowest BCUT2D eigenvalue weighted by atomic mass is 9.96. The van der Waals surface area contributed by atoms with Crippen LogP contribution in [-0.2, 0) is 16.2 Å². The second-order valence-electron chi connectivity index (χ2n) is 6.53. The molecular formula is C18H22N2O3S. The Morgan fingerprint density at radius 2 is 1.83 bits per heavy atom. The highest BCUT2D eigenvalue weighted by atomic mass is 32.1. The van der Waals surface area contributed by atoms with Gasteiger partial charge in [0.1, 0.15) is 0 Å². The third-order valence-corrected chi connectivity index (χ3v) is 4.44. The van der Waals surface area contributed by atoms with E-state index in [4.69, 9.17) is 4.84 Å². The first-order valence-corrected chi connectivity index (χ1v) is 8.47. The van der Waals surface area contributed by atoms with Gasteiger partial charge in [-0.15, -0.1) is 11.3 Å². The van der Waals surface area contributed by atoms with Crippen LogP contribution in [0.2, 0.25) is 0 Å². The number of benzene rings is 1. The summed E-state index contributed by atoms with van der Waals surface area (Å²) in [6, 6.07) is 11.4. The van der Waals surface area contributed by atoms with Gasteiger partial charge in [0, 0.05) is 5.41 Å². The zero-order chi connectivity index (χ0) is 17.7. The van der Waals surface area contributed by atoms with Crippen molar-refractivity contribution in [3.05, 3.63) is 52.4 Å². The molecule has 0 bridgehead atoms. The Labute approximate surface area is 146 Å². The van der Waals surface area contributed by atoms with Crippen molar-refractivity contribution in [2.75, 3.05) is 5.32 Å². The maximum atomic E-state index is 12.2. The summed E-state index contributed by atoms with van der Waals surface area (Å²) in [6.45, 7) is 7.65. The molecule has 0 aliphatic heterocycles. The van der Waals surface area contributed by atoms with E-state index in [9.17, 15) is 9.59 Å². The van der Waals surface area contributed by atoms with E-state index in [1.54, 1.807) is 6.07 Å². The topological polar surface area (TPSA) is 67.4 Å². The molecule has 6 heteroatoms. The number of carbonyl (C=O) groups excluding carboxylic acids is 2. The maximum absolute atomic E-state index is 12.2. The second-order valence-corrected chi connectivity index (χ2v) is 7.58. The molecule has 2 rings (SSSR count). The summed E-state index contributed by atoms with van der Waals surface area (Å²) in [5.74, 6) is -0.402. The van der Waals surface area contributed by atoms with Crippen molar-refractivity contribution in [3.8, 4) is 0 Å². The van der Waals surface area contributed by atoms with Crippen molar-refractivity contribution in [2.24, 2.45) is 5.41 Å². The van der Waals surface area contributed by atoms with Crippen molar-refractivity contribution in [2.45, 2.75) is 34.3 Å². The van der Waals surface area contributed by atoms with Gasteiger partial charge in [-0.1, -0.05) is 51.1 Å². The lowest BCUT2D eigenvalue weighted by Gasteiger charge is -2.16. The summed E-state index contributed by atoms with van der Waals surface area (Å²) in [4.78, 5) is 30.0. The number of anilines is 1. The number of rotatable bonds is 5. The fourth-order valence-electron chi connectivity index (χ4n) is 1.87. The monoisotopic (exact) mass is 346 g/mol. The molecule has 2 aromatic rings. The fraction of sp³-hybridized carbons (Fsp3) is 0.333. The Hall–Kier alpha value is -2.18. The molecule has 0 radical (unpaired) electrons. The normalized spacial score (nSPS) is 11.2. The van der Waals surface area contributed by atoms with Crippen LogP contribution in [0.25, 0.3) is 0 Å². The Kier molecular flexibility index (Phi) is 5.75. The summed E-state index contributed by atoms with van der Waals surface area (Å²) in [6.07, 6.45) is 0. The maximum Gasteiger partial charge on any atom is 0.285 e. The zero-order valence-corrected chi connectivity index (χ0v) is 15.1. The lowest BCUT2D eigenvalue weighted by Crippen LogP contribution is -2.27. The predicted molar refractivity (Wildman–Crippen MR) is 95.8 cm³/mol. The smallest absolute Gasteiger partial charge is 0.285 e. The third kappa shape index (κ3) is 4.91. The molecule has 0 saturated carbocycles. The summed E-state index contributed by atoms with van der Waals surface area (Å²) in [5.41, 5.74) is 3.72. The van der Waals surface area contributed by atoms with Gasteiger partial charge in [0.15, 0.2) is 0 Å². The first-order chi connectivity index (χ1) is 11.3. The number of hydrogen-bond acceptors (Lipinski definition) is 4. The molecule has 0 saturated heterocycles. The molecule has 2 amide bonds. The molecule has 1 heterocycles. The van der Waals surface area contributed by atoms with E-state index in [1.807, 2.05) is 58.0 Å². The van der Waals surface area contributed by atoms with Gasteiger partial charge in [-0.05, 0) is 24.1 Å². The van der Waals surface area contributed by atoms with Crippen LogP contribution in [0.1, 0.15) is 41.6 Å². The summed E-state index contributed by atoms with van der Waals surface area (Å²) < 4.78 is 0. The number of aryl methyl sites for hydroxylation is 1. The average molecular weight is 346 g/mol. The molecule has 0 aliphatic carbocycles. The van der Waals surface area contributed by atoms with E-state index in [-0.39, 0.29) is 11.8 Å². The number of hydrogen-bond donors (Lipinski definition) is 2. The molecule has 0 fully saturated rings. The molecular weight excluding hydrogens is 324 g/mol. The number of thiophene rings is 1. The predicted octanol–water partition coefficient (Wildman–Crippen LogP) is 3.90. The first-order valence-electron chi connectivity index (χ1n) is 7.65. The molecule has 0 atom stereocenters. The highest BCUT2D eigenvalue weighted by Gasteiger charge is 2.23. The lowest BCUT2D eigenvalue weighted by molar-refractivity contribution is -0.123. The van der Waals surface area contributed by atoms with Crippen molar-refractivity contribution >= 4 is 28.2 Å². The van der Waals surface area contributed by atoms with Crippen LogP contribution >= 0.6 is 11.3 Å². The Morgan fingerprint density at radius 1 is 1.17 bits per heavy atom. The van der Waals surface area contributed by atoms with Crippen molar-refractivity contribution in [1.82, 2.24) is 5.48 Å². The Bertz CT molecular complexity index is 718. The van der Waals surface area contributed by atoms with Crippen LogP contribution in [-0.4, -0.2) is 11.8 Å². The van der Waals surface area contributed by atoms with E-state index in [0.29, 0.717) is 16.5 Å². The van der Waals surface area contributed by atoms with Crippen LogP contribution in [0, 0.1) is 12.3 Å². The van der Waals surface area contributed by atoms with Crippen LogP contribution in [0.5, 0.6) is 0 Å². The van der Waals surface area contributed by atoms with Crippen molar-refractivity contribution in [3.63, 3.8) is 0 Å². The summed E-state index contributed by atoms with van der Waals surface area (Å²) in [5, 5.41) is 3.49. The third-order valence-electron chi connectivity index (χ3n) is 3.29. The van der Waals surface area contributed by atoms with Crippen LogP contribution in [0.3, 0.4) is 0 Å². The largest absolute Gasteiger partial charge is 0.317 e. The van der Waals surface area contributed by atoms with Gasteiger partial charge in [-0.25, -0.2) is 5.48 Å². The second kappa shape index (κ2) is 7.59. The standard InChI is InChI=1S/C18H22N2O3S/c1-12-10-14(19-17(22)18(2,3)4)24-15(12)16(21)20-23-11-13-8-6-5-7-9-13/h5-10H,11H2,1-4H3,(H,19,22)(H,20,21). The van der Waals surface area contributed by atoms with Gasteiger partial charge in [-0.3, -0.25) is 14.4 Å². The minimum Gasteiger partial charge on any atom is -0.317 e. The highest BCUT2D eigenvalue weighted by Crippen LogP contribution is 2.28. The molecule has 0 spiro atoms. The molecule has 0 unspecified atom stereocenters. The van der Waals surface area contributed by atoms with Gasteiger partial charge in [-0.2, -0.15) is 0 Å².